The van der Waals surface area contributed by atoms with E-state index in [1.165, 1.54) is 6.07 Å². The smallest absolute Gasteiger partial charge is 0.272 e. The number of hydrogen-bond acceptors (Lipinski definition) is 4. The highest BCUT2D eigenvalue weighted by Crippen LogP contribution is 2.39. The molecule has 6 heteroatoms. The Balaban J connectivity index is 1.39. The predicted molar refractivity (Wildman–Crippen MR) is 106 cm³/mol. The highest BCUT2D eigenvalue weighted by molar-refractivity contribution is 5.92. The molecule has 1 aromatic carbocycles. The minimum Gasteiger partial charge on any atom is -0.487 e. The Hall–Kier alpha value is -2.63. The highest BCUT2D eigenvalue weighted by Gasteiger charge is 2.40. The number of piperidine rings is 1. The third-order valence-electron chi connectivity index (χ3n) is 5.60. The molecule has 0 aliphatic carbocycles. The molecule has 1 aromatic heterocycles. The second kappa shape index (κ2) is 7.41. The van der Waals surface area contributed by atoms with Gasteiger partial charge in [0.05, 0.1) is 11.9 Å². The van der Waals surface area contributed by atoms with Crippen LogP contribution in [0.1, 0.15) is 49.2 Å². The Bertz CT molecular complexity index is 859. The van der Waals surface area contributed by atoms with Gasteiger partial charge in [0.25, 0.3) is 5.91 Å². The lowest BCUT2D eigenvalue weighted by atomic mass is 9.83. The molecule has 0 bridgehead atoms. The van der Waals surface area contributed by atoms with E-state index in [0.717, 1.165) is 42.7 Å². The summed E-state index contributed by atoms with van der Waals surface area (Å²) in [4.78, 5) is 19.0. The third kappa shape index (κ3) is 3.81. The molecule has 1 spiro atoms. The van der Waals surface area contributed by atoms with Crippen molar-refractivity contribution in [2.45, 2.75) is 51.2 Å². The highest BCUT2D eigenvalue weighted by atomic mass is 19.1. The summed E-state index contributed by atoms with van der Waals surface area (Å²) in [5.74, 6) is 0.521. The minimum atomic E-state index is -0.250. The fraction of sp³-hybridized carbons (Fsp3) is 0.455. The number of hydrogen-bond donors (Lipinski definition) is 1. The zero-order chi connectivity index (χ0) is 19.7. The molecule has 2 aliphatic heterocycles. The molecule has 4 rings (SSSR count). The number of fused-ring (bicyclic) bond motifs is 1. The SMILES string of the molecule is CC(C)Nc1ccc(C(=O)N2CCC3(CCc4cc(F)ccc4O3)CC2)nc1. The van der Waals surface area contributed by atoms with Gasteiger partial charge in [-0.15, -0.1) is 0 Å². The first-order valence-corrected chi connectivity index (χ1v) is 9.93. The van der Waals surface area contributed by atoms with Crippen LogP contribution >= 0.6 is 0 Å². The van der Waals surface area contributed by atoms with Gasteiger partial charge in [-0.05, 0) is 62.6 Å². The zero-order valence-corrected chi connectivity index (χ0v) is 16.4. The van der Waals surface area contributed by atoms with E-state index in [0.29, 0.717) is 24.8 Å². The number of carbonyl (C=O) groups excluding carboxylic acids is 1. The van der Waals surface area contributed by atoms with E-state index in [9.17, 15) is 9.18 Å². The molecule has 1 fully saturated rings. The predicted octanol–water partition coefficient (Wildman–Crippen LogP) is 4.04. The van der Waals surface area contributed by atoms with E-state index >= 15 is 0 Å². The maximum Gasteiger partial charge on any atom is 0.272 e. The van der Waals surface area contributed by atoms with E-state index in [2.05, 4.69) is 24.1 Å². The van der Waals surface area contributed by atoms with Gasteiger partial charge in [-0.1, -0.05) is 0 Å². The van der Waals surface area contributed by atoms with E-state index in [1.807, 2.05) is 11.0 Å². The van der Waals surface area contributed by atoms with Gasteiger partial charge < -0.3 is 15.0 Å². The summed E-state index contributed by atoms with van der Waals surface area (Å²) < 4.78 is 19.7. The molecule has 0 radical (unpaired) electrons. The van der Waals surface area contributed by atoms with E-state index < -0.39 is 0 Å². The first-order chi connectivity index (χ1) is 13.4. The van der Waals surface area contributed by atoms with Crippen LogP contribution in [0.3, 0.4) is 0 Å². The first-order valence-electron chi connectivity index (χ1n) is 9.93. The number of rotatable bonds is 3. The van der Waals surface area contributed by atoms with Gasteiger partial charge in [0, 0.05) is 32.0 Å². The van der Waals surface area contributed by atoms with E-state index in [4.69, 9.17) is 4.74 Å². The molecule has 148 valence electrons. The zero-order valence-electron chi connectivity index (χ0n) is 16.4. The van der Waals surface area contributed by atoms with E-state index in [1.54, 1.807) is 24.4 Å². The topological polar surface area (TPSA) is 54.5 Å². The van der Waals surface area contributed by atoms with Gasteiger partial charge in [-0.3, -0.25) is 4.79 Å². The van der Waals surface area contributed by atoms with Gasteiger partial charge in [0.2, 0.25) is 0 Å². The number of likely N-dealkylation sites (tertiary alicyclic amines) is 1. The van der Waals surface area contributed by atoms with Crippen LogP contribution in [0.5, 0.6) is 5.75 Å². The molecular weight excluding hydrogens is 357 g/mol. The molecule has 0 unspecified atom stereocenters. The fourth-order valence-electron chi connectivity index (χ4n) is 4.06. The molecule has 2 aliphatic rings. The van der Waals surface area contributed by atoms with Gasteiger partial charge in [0.15, 0.2) is 0 Å². The summed E-state index contributed by atoms with van der Waals surface area (Å²) >= 11 is 0. The summed E-state index contributed by atoms with van der Waals surface area (Å²) in [5.41, 5.74) is 2.06. The second-order valence-corrected chi connectivity index (χ2v) is 8.06. The molecule has 1 N–H and O–H groups in total. The van der Waals surface area contributed by atoms with Crippen LogP contribution in [0.15, 0.2) is 36.5 Å². The second-order valence-electron chi connectivity index (χ2n) is 8.06. The van der Waals surface area contributed by atoms with Crippen LogP contribution in [0, 0.1) is 5.82 Å². The number of amides is 1. The Labute approximate surface area is 164 Å². The van der Waals surface area contributed by atoms with Crippen molar-refractivity contribution in [1.29, 1.82) is 0 Å². The van der Waals surface area contributed by atoms with Crippen LogP contribution < -0.4 is 10.1 Å². The van der Waals surface area contributed by atoms with Gasteiger partial charge >= 0.3 is 0 Å². The van der Waals surface area contributed by atoms with Crippen molar-refractivity contribution in [2.24, 2.45) is 0 Å². The summed E-state index contributed by atoms with van der Waals surface area (Å²) in [5, 5.41) is 3.27. The van der Waals surface area contributed by atoms with Gasteiger partial charge in [0.1, 0.15) is 22.9 Å². The number of aryl methyl sites for hydroxylation is 1. The standard InChI is InChI=1S/C22H26FN3O2/c1-15(2)25-18-4-5-19(24-14-18)21(27)26-11-9-22(10-12-26)8-7-16-13-17(23)3-6-20(16)28-22/h3-6,13-15,25H,7-12H2,1-2H3. The molecule has 0 atom stereocenters. The molecule has 0 saturated carbocycles. The van der Waals surface area contributed by atoms with Crippen LogP contribution in [0.2, 0.25) is 0 Å². The molecule has 1 amide bonds. The summed E-state index contributed by atoms with van der Waals surface area (Å²) in [6.07, 6.45) is 4.94. The van der Waals surface area contributed by atoms with Crippen LogP contribution in [0.25, 0.3) is 0 Å². The Morgan fingerprint density at radius 2 is 2.00 bits per heavy atom. The van der Waals surface area contributed by atoms with Crippen molar-refractivity contribution >= 4 is 11.6 Å². The average molecular weight is 383 g/mol. The van der Waals surface area contributed by atoms with Crippen molar-refractivity contribution in [3.05, 3.63) is 53.6 Å². The van der Waals surface area contributed by atoms with Gasteiger partial charge in [-0.2, -0.15) is 0 Å². The number of benzene rings is 1. The molecule has 2 aromatic rings. The first kappa shape index (κ1) is 18.7. The van der Waals surface area contributed by atoms with Crippen LogP contribution in [0.4, 0.5) is 10.1 Å². The van der Waals surface area contributed by atoms with E-state index in [-0.39, 0.29) is 17.3 Å². The molecule has 5 nitrogen and oxygen atoms in total. The van der Waals surface area contributed by atoms with Crippen molar-refractivity contribution in [1.82, 2.24) is 9.88 Å². The minimum absolute atomic E-state index is 0.0378. The molecule has 28 heavy (non-hydrogen) atoms. The number of ether oxygens (including phenoxy) is 1. The Morgan fingerprint density at radius 3 is 2.68 bits per heavy atom. The lowest BCUT2D eigenvalue weighted by molar-refractivity contribution is -0.0109. The molecule has 3 heterocycles. The van der Waals surface area contributed by atoms with Gasteiger partial charge in [-0.25, -0.2) is 9.37 Å². The number of nitrogens with one attached hydrogen (secondary N) is 1. The number of nitrogens with zero attached hydrogens (tertiary/aromatic N) is 2. The Kier molecular flexibility index (Phi) is 4.96. The maximum absolute atomic E-state index is 13.4. The lowest BCUT2D eigenvalue weighted by Crippen LogP contribution is -2.51. The quantitative estimate of drug-likeness (QED) is 0.869. The number of anilines is 1. The monoisotopic (exact) mass is 383 g/mol. The molecule has 1 saturated heterocycles. The number of aromatic nitrogens is 1. The summed E-state index contributed by atoms with van der Waals surface area (Å²) in [6, 6.07) is 8.72. The van der Waals surface area contributed by atoms with Crippen molar-refractivity contribution in [3.63, 3.8) is 0 Å². The fourth-order valence-corrected chi connectivity index (χ4v) is 4.06. The maximum atomic E-state index is 13.4. The third-order valence-corrected chi connectivity index (χ3v) is 5.60. The van der Waals surface area contributed by atoms with Crippen molar-refractivity contribution in [2.75, 3.05) is 18.4 Å². The average Bonchev–Trinajstić information content (AvgIpc) is 2.69. The number of halogens is 1. The van der Waals surface area contributed by atoms with Crippen molar-refractivity contribution in [3.8, 4) is 5.75 Å². The summed E-state index contributed by atoms with van der Waals surface area (Å²) in [7, 11) is 0. The normalized spacial score (nSPS) is 17.9. The largest absolute Gasteiger partial charge is 0.487 e. The number of pyridine rings is 1. The molecular formula is C22H26FN3O2. The van der Waals surface area contributed by atoms with Crippen molar-refractivity contribution < 1.29 is 13.9 Å². The summed E-state index contributed by atoms with van der Waals surface area (Å²) in [6.45, 7) is 5.40. The Morgan fingerprint density at radius 1 is 1.21 bits per heavy atom. The van der Waals surface area contributed by atoms with Crippen LogP contribution in [-0.2, 0) is 6.42 Å². The lowest BCUT2D eigenvalue weighted by Gasteiger charge is -2.44. The number of carbonyl (C=O) groups is 1. The van der Waals surface area contributed by atoms with Crippen LogP contribution in [-0.4, -0.2) is 40.5 Å².